The fourth-order valence-corrected chi connectivity index (χ4v) is 3.33. The van der Waals surface area contributed by atoms with Crippen molar-refractivity contribution in [1.82, 2.24) is 5.32 Å². The third kappa shape index (κ3) is 5.95. The van der Waals surface area contributed by atoms with Gasteiger partial charge in [-0.05, 0) is 26.7 Å². The van der Waals surface area contributed by atoms with E-state index in [0.717, 1.165) is 0 Å². The Hall–Kier alpha value is -3.81. The van der Waals surface area contributed by atoms with Crippen molar-refractivity contribution in [3.8, 4) is 22.8 Å². The molecule has 0 aliphatic rings. The number of fused-ring (bicyclic) bond motifs is 1. The molecule has 2 atom stereocenters. The van der Waals surface area contributed by atoms with Crippen LogP contribution in [0.4, 0.5) is 4.79 Å². The third-order valence-electron chi connectivity index (χ3n) is 5.20. The van der Waals surface area contributed by atoms with Crippen LogP contribution < -0.4 is 15.5 Å². The first-order chi connectivity index (χ1) is 16.0. The summed E-state index contributed by atoms with van der Waals surface area (Å²) in [5.41, 5.74) is -0.415. The number of phenolic OH excluding ortho intramolecular Hbond substituents is 1. The predicted octanol–water partition coefficient (Wildman–Crippen LogP) is 5.01. The molecule has 0 saturated carbocycles. The summed E-state index contributed by atoms with van der Waals surface area (Å²) in [7, 11) is 0. The molecule has 0 aliphatic heterocycles. The van der Waals surface area contributed by atoms with Gasteiger partial charge in [0.2, 0.25) is 0 Å². The van der Waals surface area contributed by atoms with E-state index in [1.807, 2.05) is 25.1 Å². The van der Waals surface area contributed by atoms with Crippen LogP contribution in [0.15, 0.2) is 57.7 Å². The summed E-state index contributed by atoms with van der Waals surface area (Å²) in [6.45, 7) is 8.84. The van der Waals surface area contributed by atoms with Crippen LogP contribution in [-0.2, 0) is 9.53 Å². The smallest absolute Gasteiger partial charge is 0.408 e. The highest BCUT2D eigenvalue weighted by Gasteiger charge is 2.30. The second kappa shape index (κ2) is 9.99. The van der Waals surface area contributed by atoms with E-state index in [1.54, 1.807) is 39.8 Å². The van der Waals surface area contributed by atoms with Gasteiger partial charge in [0.1, 0.15) is 39.9 Å². The maximum absolute atomic E-state index is 13.0. The molecule has 0 unspecified atom stereocenters. The molecule has 34 heavy (non-hydrogen) atoms. The van der Waals surface area contributed by atoms with E-state index in [2.05, 4.69) is 5.32 Å². The minimum atomic E-state index is -0.986. The quantitative estimate of drug-likeness (QED) is 0.387. The maximum atomic E-state index is 13.0. The molecule has 3 aromatic rings. The molecule has 1 amide bonds. The van der Waals surface area contributed by atoms with Crippen LogP contribution in [0.3, 0.4) is 0 Å². The van der Waals surface area contributed by atoms with Crippen molar-refractivity contribution in [2.24, 2.45) is 5.92 Å². The minimum Gasteiger partial charge on any atom is -0.507 e. The fourth-order valence-electron chi connectivity index (χ4n) is 3.33. The molecule has 0 spiro atoms. The van der Waals surface area contributed by atoms with Crippen molar-refractivity contribution < 1.29 is 28.6 Å². The van der Waals surface area contributed by atoms with E-state index in [1.165, 1.54) is 18.2 Å². The third-order valence-corrected chi connectivity index (χ3v) is 5.20. The van der Waals surface area contributed by atoms with Crippen molar-refractivity contribution in [3.05, 3.63) is 58.8 Å². The maximum Gasteiger partial charge on any atom is 0.408 e. The average molecular weight is 468 g/mol. The largest absolute Gasteiger partial charge is 0.507 e. The van der Waals surface area contributed by atoms with E-state index in [-0.39, 0.29) is 28.4 Å². The molecule has 8 heteroatoms. The molecule has 180 valence electrons. The highest BCUT2D eigenvalue weighted by molar-refractivity contribution is 5.88. The van der Waals surface area contributed by atoms with Gasteiger partial charge in [-0.15, -0.1) is 0 Å². The number of benzene rings is 2. The second-order valence-electron chi connectivity index (χ2n) is 9.09. The van der Waals surface area contributed by atoms with Gasteiger partial charge in [0.15, 0.2) is 5.43 Å². The second-order valence-corrected chi connectivity index (χ2v) is 9.09. The number of rotatable bonds is 6. The zero-order chi connectivity index (χ0) is 25.0. The van der Waals surface area contributed by atoms with E-state index >= 15 is 0 Å². The van der Waals surface area contributed by atoms with Gasteiger partial charge >= 0.3 is 12.1 Å². The first kappa shape index (κ1) is 24.8. The Morgan fingerprint density at radius 2 is 1.79 bits per heavy atom. The summed E-state index contributed by atoms with van der Waals surface area (Å²) < 4.78 is 16.6. The zero-order valence-corrected chi connectivity index (χ0v) is 19.9. The van der Waals surface area contributed by atoms with Crippen LogP contribution in [0.2, 0.25) is 0 Å². The summed E-state index contributed by atoms with van der Waals surface area (Å²) in [4.78, 5) is 37.8. The Labute approximate surface area is 197 Å². The number of alkyl carbamates (subject to hydrolysis) is 1. The normalized spacial score (nSPS) is 13.2. The molecule has 8 nitrogen and oxygen atoms in total. The SMILES string of the molecule is CC[C@@H](C)[C@H](NC(=O)OC(C)(C)C)C(=O)Oc1cc(O)c2c(=O)cc(-c3ccccc3)oc2c1. The summed E-state index contributed by atoms with van der Waals surface area (Å²) in [5.74, 6) is -1.08. The van der Waals surface area contributed by atoms with Gasteiger partial charge < -0.3 is 24.3 Å². The number of esters is 1. The molecule has 0 aliphatic carbocycles. The Kier molecular flexibility index (Phi) is 7.29. The lowest BCUT2D eigenvalue weighted by Gasteiger charge is -2.25. The number of carbonyl (C=O) groups is 2. The van der Waals surface area contributed by atoms with Crippen molar-refractivity contribution in [3.63, 3.8) is 0 Å². The standard InChI is InChI=1S/C26H29NO7/c1-6-15(2)23(27-25(31)34-26(3,4)5)24(30)32-17-12-18(28)22-19(29)14-20(33-21(22)13-17)16-10-8-7-9-11-16/h7-15,23,28H,6H2,1-5H3,(H,27,31)/t15-,23+/m1/s1. The molecule has 0 fully saturated rings. The molecule has 3 rings (SSSR count). The number of nitrogens with one attached hydrogen (secondary N) is 1. The number of phenols is 1. The molecule has 0 radical (unpaired) electrons. The molecule has 1 heterocycles. The number of aromatic hydroxyl groups is 1. The minimum absolute atomic E-state index is 0.0233. The van der Waals surface area contributed by atoms with Crippen LogP contribution in [-0.4, -0.2) is 28.8 Å². The number of carbonyl (C=O) groups excluding carboxylic acids is 2. The van der Waals surface area contributed by atoms with Gasteiger partial charge in [0, 0.05) is 23.8 Å². The molecule has 0 bridgehead atoms. The van der Waals surface area contributed by atoms with Crippen LogP contribution >= 0.6 is 0 Å². The van der Waals surface area contributed by atoms with E-state index < -0.39 is 29.1 Å². The first-order valence-corrected chi connectivity index (χ1v) is 11.1. The summed E-state index contributed by atoms with van der Waals surface area (Å²) in [5, 5.41) is 13.0. The van der Waals surface area contributed by atoms with Crippen LogP contribution in [0.5, 0.6) is 11.5 Å². The zero-order valence-electron chi connectivity index (χ0n) is 19.9. The molecule has 0 saturated heterocycles. The lowest BCUT2D eigenvalue weighted by atomic mass is 9.99. The van der Waals surface area contributed by atoms with Crippen molar-refractivity contribution in [2.75, 3.05) is 0 Å². The highest BCUT2D eigenvalue weighted by atomic mass is 16.6. The number of hydrogen-bond acceptors (Lipinski definition) is 7. The Morgan fingerprint density at radius 1 is 1.12 bits per heavy atom. The summed E-state index contributed by atoms with van der Waals surface area (Å²) in [6, 6.07) is 11.9. The van der Waals surface area contributed by atoms with Gasteiger partial charge in [-0.1, -0.05) is 50.6 Å². The van der Waals surface area contributed by atoms with Crippen LogP contribution in [0.1, 0.15) is 41.0 Å². The molecule has 2 N–H and O–H groups in total. The van der Waals surface area contributed by atoms with Gasteiger partial charge in [0.25, 0.3) is 0 Å². The summed E-state index contributed by atoms with van der Waals surface area (Å²) in [6.07, 6.45) is -0.150. The van der Waals surface area contributed by atoms with Crippen LogP contribution in [0.25, 0.3) is 22.3 Å². The first-order valence-electron chi connectivity index (χ1n) is 11.1. The van der Waals surface area contributed by atoms with Crippen molar-refractivity contribution >= 4 is 23.0 Å². The molecule has 2 aromatic carbocycles. The van der Waals surface area contributed by atoms with Crippen molar-refractivity contribution in [2.45, 2.75) is 52.7 Å². The van der Waals surface area contributed by atoms with E-state index in [4.69, 9.17) is 13.9 Å². The van der Waals surface area contributed by atoms with Gasteiger partial charge in [-0.3, -0.25) is 4.79 Å². The molecular formula is C26H29NO7. The number of amides is 1. The predicted molar refractivity (Wildman–Crippen MR) is 128 cm³/mol. The number of hydrogen-bond donors (Lipinski definition) is 2. The van der Waals surface area contributed by atoms with Crippen LogP contribution in [0, 0.1) is 5.92 Å². The fraction of sp³-hybridized carbons (Fsp3) is 0.346. The van der Waals surface area contributed by atoms with E-state index in [9.17, 15) is 19.5 Å². The Morgan fingerprint density at radius 3 is 2.41 bits per heavy atom. The molecular weight excluding hydrogens is 438 g/mol. The lowest BCUT2D eigenvalue weighted by molar-refractivity contribution is -0.138. The monoisotopic (exact) mass is 467 g/mol. The highest BCUT2D eigenvalue weighted by Crippen LogP contribution is 2.31. The van der Waals surface area contributed by atoms with Gasteiger partial charge in [0.05, 0.1) is 0 Å². The average Bonchev–Trinajstić information content (AvgIpc) is 2.75. The van der Waals surface area contributed by atoms with Gasteiger partial charge in [-0.25, -0.2) is 9.59 Å². The number of ether oxygens (including phenoxy) is 2. The van der Waals surface area contributed by atoms with Crippen molar-refractivity contribution in [1.29, 1.82) is 0 Å². The lowest BCUT2D eigenvalue weighted by Crippen LogP contribution is -2.48. The topological polar surface area (TPSA) is 115 Å². The summed E-state index contributed by atoms with van der Waals surface area (Å²) >= 11 is 0. The van der Waals surface area contributed by atoms with E-state index in [0.29, 0.717) is 17.7 Å². The van der Waals surface area contributed by atoms with Gasteiger partial charge in [-0.2, -0.15) is 0 Å². The Balaban J connectivity index is 1.92. The Bertz CT molecular complexity index is 1240. The molecule has 1 aromatic heterocycles.